The predicted molar refractivity (Wildman–Crippen MR) is 173 cm³/mol. The van der Waals surface area contributed by atoms with Gasteiger partial charge in [-0.05, 0) is 24.3 Å². The Hall–Kier alpha value is -6.21. The molecule has 0 atom stereocenters. The van der Waals surface area contributed by atoms with Gasteiger partial charge in [0.15, 0.2) is 23.1 Å². The molecule has 0 unspecified atom stereocenters. The lowest BCUT2D eigenvalue weighted by molar-refractivity contribution is 0.671. The van der Waals surface area contributed by atoms with E-state index in [0.29, 0.717) is 17.5 Å². The molecule has 4 heterocycles. The molecule has 0 N–H and O–H groups in total. The lowest BCUT2D eigenvalue weighted by atomic mass is 10.1. The SMILES string of the molecule is c1ccc(-c2nc(-c3ccccc3)nc(-c3cccc(-n4c5cnncc5c5ccc6c7ccccc7oc6c54)c3)n2)cc1. The topological polar surface area (TPSA) is 82.5 Å². The van der Waals surface area contributed by atoms with E-state index in [9.17, 15) is 0 Å². The number of nitrogens with zero attached hydrogens (tertiary/aromatic N) is 6. The summed E-state index contributed by atoms with van der Waals surface area (Å²) in [6.45, 7) is 0. The number of fused-ring (bicyclic) bond motifs is 7. The minimum atomic E-state index is 0.592. The van der Waals surface area contributed by atoms with Crippen LogP contribution in [0.5, 0.6) is 0 Å². The maximum atomic E-state index is 6.51. The van der Waals surface area contributed by atoms with E-state index >= 15 is 0 Å². The first-order valence-electron chi connectivity index (χ1n) is 14.3. The van der Waals surface area contributed by atoms with Crippen LogP contribution < -0.4 is 0 Å². The maximum absolute atomic E-state index is 6.51. The molecule has 9 aromatic rings. The van der Waals surface area contributed by atoms with Crippen LogP contribution in [0.15, 0.2) is 138 Å². The van der Waals surface area contributed by atoms with Crippen molar-refractivity contribution in [3.05, 3.63) is 134 Å². The van der Waals surface area contributed by atoms with Gasteiger partial charge in [0.2, 0.25) is 0 Å². The van der Waals surface area contributed by atoms with E-state index < -0.39 is 0 Å². The fourth-order valence-electron chi connectivity index (χ4n) is 6.02. The summed E-state index contributed by atoms with van der Waals surface area (Å²) in [7, 11) is 0. The highest BCUT2D eigenvalue weighted by atomic mass is 16.3. The molecule has 0 spiro atoms. The number of rotatable bonds is 4. The van der Waals surface area contributed by atoms with Crippen molar-refractivity contribution in [1.82, 2.24) is 29.7 Å². The number of hydrogen-bond acceptors (Lipinski definition) is 6. The lowest BCUT2D eigenvalue weighted by Gasteiger charge is -2.11. The van der Waals surface area contributed by atoms with Crippen molar-refractivity contribution < 1.29 is 4.42 Å². The minimum absolute atomic E-state index is 0.592. The van der Waals surface area contributed by atoms with Gasteiger partial charge in [0.05, 0.1) is 23.4 Å². The normalized spacial score (nSPS) is 11.6. The Bertz CT molecular complexity index is 2440. The lowest BCUT2D eigenvalue weighted by Crippen LogP contribution is -2.01. The van der Waals surface area contributed by atoms with Crippen LogP contribution in [0.25, 0.3) is 83.6 Å². The second-order valence-corrected chi connectivity index (χ2v) is 10.6. The first-order valence-corrected chi connectivity index (χ1v) is 14.3. The summed E-state index contributed by atoms with van der Waals surface area (Å²) < 4.78 is 8.71. The van der Waals surface area contributed by atoms with Crippen LogP contribution >= 0.6 is 0 Å². The van der Waals surface area contributed by atoms with Crippen molar-refractivity contribution in [2.45, 2.75) is 0 Å². The summed E-state index contributed by atoms with van der Waals surface area (Å²) in [4.78, 5) is 14.8. The van der Waals surface area contributed by atoms with E-state index in [1.54, 1.807) is 6.20 Å². The average molecular weight is 567 g/mol. The Morgan fingerprint density at radius 2 is 1.09 bits per heavy atom. The first kappa shape index (κ1) is 24.4. The van der Waals surface area contributed by atoms with Crippen molar-refractivity contribution in [1.29, 1.82) is 0 Å². The number of para-hydroxylation sites is 1. The second-order valence-electron chi connectivity index (χ2n) is 10.6. The van der Waals surface area contributed by atoms with Crippen LogP contribution in [0, 0.1) is 0 Å². The summed E-state index contributed by atoms with van der Waals surface area (Å²) >= 11 is 0. The Morgan fingerprint density at radius 3 is 1.84 bits per heavy atom. The van der Waals surface area contributed by atoms with Gasteiger partial charge in [-0.1, -0.05) is 97.1 Å². The van der Waals surface area contributed by atoms with Gasteiger partial charge >= 0.3 is 0 Å². The molecule has 4 aromatic heterocycles. The Morgan fingerprint density at radius 1 is 0.477 bits per heavy atom. The van der Waals surface area contributed by atoms with E-state index in [-0.39, 0.29) is 0 Å². The van der Waals surface area contributed by atoms with Gasteiger partial charge in [-0.25, -0.2) is 15.0 Å². The van der Waals surface area contributed by atoms with Crippen LogP contribution in [0.4, 0.5) is 0 Å². The molecule has 44 heavy (non-hydrogen) atoms. The van der Waals surface area contributed by atoms with E-state index in [4.69, 9.17) is 19.4 Å². The maximum Gasteiger partial charge on any atom is 0.164 e. The summed E-state index contributed by atoms with van der Waals surface area (Å²) in [5, 5.41) is 12.7. The molecule has 0 aliphatic rings. The molecule has 0 aliphatic carbocycles. The van der Waals surface area contributed by atoms with Crippen molar-refractivity contribution in [2.24, 2.45) is 0 Å². The van der Waals surface area contributed by atoms with Crippen LogP contribution in [0.3, 0.4) is 0 Å². The second kappa shape index (κ2) is 9.68. The molecular formula is C37H22N6O. The van der Waals surface area contributed by atoms with Crippen LogP contribution in [-0.2, 0) is 0 Å². The highest BCUT2D eigenvalue weighted by Crippen LogP contribution is 2.40. The average Bonchev–Trinajstić information content (AvgIpc) is 3.65. The standard InChI is InChI=1S/C37H22N6O/c1-3-10-23(11-4-1)35-40-36(24-12-5-2-6-13-24)42-37(41-35)25-14-9-15-26(20-25)43-31-22-39-38-21-30(31)28-18-19-29-27-16-7-8-17-32(27)44-34(29)33(28)43/h1-22H. The fourth-order valence-corrected chi connectivity index (χ4v) is 6.02. The Labute approximate surface area is 251 Å². The quantitative estimate of drug-likeness (QED) is 0.212. The van der Waals surface area contributed by atoms with Crippen molar-refractivity contribution in [3.8, 4) is 39.9 Å². The van der Waals surface area contributed by atoms with Gasteiger partial charge in [-0.15, -0.1) is 0 Å². The van der Waals surface area contributed by atoms with Crippen molar-refractivity contribution in [2.75, 3.05) is 0 Å². The van der Waals surface area contributed by atoms with E-state index in [0.717, 1.165) is 66.1 Å². The monoisotopic (exact) mass is 566 g/mol. The summed E-state index contributed by atoms with van der Waals surface area (Å²) in [6.07, 6.45) is 3.62. The fraction of sp³-hybridized carbons (Fsp3) is 0. The number of benzene rings is 5. The van der Waals surface area contributed by atoms with Crippen LogP contribution in [0.2, 0.25) is 0 Å². The molecule has 7 heteroatoms. The third-order valence-corrected chi connectivity index (χ3v) is 8.05. The van der Waals surface area contributed by atoms with Crippen molar-refractivity contribution >= 4 is 43.7 Å². The molecule has 0 amide bonds. The number of furan rings is 1. The molecule has 0 saturated heterocycles. The first-order chi connectivity index (χ1) is 21.8. The Kier molecular flexibility index (Phi) is 5.36. The molecule has 7 nitrogen and oxygen atoms in total. The minimum Gasteiger partial charge on any atom is -0.454 e. The van der Waals surface area contributed by atoms with Gasteiger partial charge in [-0.2, -0.15) is 10.2 Å². The molecule has 0 aliphatic heterocycles. The number of hydrogen-bond donors (Lipinski definition) is 0. The zero-order valence-corrected chi connectivity index (χ0v) is 23.3. The molecule has 5 aromatic carbocycles. The van der Waals surface area contributed by atoms with Gasteiger partial charge in [0, 0.05) is 43.9 Å². The highest BCUT2D eigenvalue weighted by Gasteiger charge is 2.20. The zero-order chi connectivity index (χ0) is 29.0. The van der Waals surface area contributed by atoms with Gasteiger partial charge < -0.3 is 8.98 Å². The smallest absolute Gasteiger partial charge is 0.164 e. The van der Waals surface area contributed by atoms with Crippen molar-refractivity contribution in [3.63, 3.8) is 0 Å². The van der Waals surface area contributed by atoms with Crippen LogP contribution in [-0.4, -0.2) is 29.7 Å². The summed E-state index contributed by atoms with van der Waals surface area (Å²) in [5.74, 6) is 1.83. The largest absolute Gasteiger partial charge is 0.454 e. The molecule has 9 rings (SSSR count). The third-order valence-electron chi connectivity index (χ3n) is 8.05. The molecule has 206 valence electrons. The van der Waals surface area contributed by atoms with Gasteiger partial charge in [-0.3, -0.25) is 0 Å². The number of aromatic nitrogens is 6. The molecule has 0 bridgehead atoms. The summed E-state index contributed by atoms with van der Waals surface area (Å²) in [6, 6.07) is 40.7. The molecule has 0 fully saturated rings. The summed E-state index contributed by atoms with van der Waals surface area (Å²) in [5.41, 5.74) is 7.24. The van der Waals surface area contributed by atoms with Gasteiger partial charge in [0.1, 0.15) is 5.58 Å². The molecule has 0 saturated carbocycles. The third kappa shape index (κ3) is 3.80. The Balaban J connectivity index is 1.30. The zero-order valence-electron chi connectivity index (χ0n) is 23.3. The molecule has 0 radical (unpaired) electrons. The van der Waals surface area contributed by atoms with Gasteiger partial charge in [0.25, 0.3) is 0 Å². The van der Waals surface area contributed by atoms with E-state index in [1.807, 2.05) is 97.2 Å². The predicted octanol–water partition coefficient (Wildman–Crippen LogP) is 8.66. The highest BCUT2D eigenvalue weighted by molar-refractivity contribution is 6.21. The molecular weight excluding hydrogens is 544 g/mol. The van der Waals surface area contributed by atoms with Crippen LogP contribution in [0.1, 0.15) is 0 Å². The van der Waals surface area contributed by atoms with E-state index in [1.165, 1.54) is 0 Å². The van der Waals surface area contributed by atoms with E-state index in [2.05, 4.69) is 45.1 Å².